The zero-order valence-electron chi connectivity index (χ0n) is 10.8. The molecule has 0 atom stereocenters. The van der Waals surface area contributed by atoms with Gasteiger partial charge in [0.25, 0.3) is 0 Å². The first-order valence-electron chi connectivity index (χ1n) is 6.44. The van der Waals surface area contributed by atoms with Crippen molar-refractivity contribution >= 4 is 17.4 Å². The van der Waals surface area contributed by atoms with Crippen molar-refractivity contribution in [2.45, 2.75) is 19.3 Å². The van der Waals surface area contributed by atoms with E-state index >= 15 is 0 Å². The molecule has 0 unspecified atom stereocenters. The van der Waals surface area contributed by atoms with Crippen LogP contribution < -0.4 is 10.5 Å². The van der Waals surface area contributed by atoms with Gasteiger partial charge in [-0.3, -0.25) is 5.41 Å². The first-order chi connectivity index (χ1) is 9.65. The van der Waals surface area contributed by atoms with E-state index < -0.39 is 0 Å². The number of nitrogens with one attached hydrogen (secondary N) is 1. The van der Waals surface area contributed by atoms with E-state index in [-0.39, 0.29) is 5.84 Å². The molecule has 3 rings (SSSR count). The van der Waals surface area contributed by atoms with Crippen LogP contribution in [0.1, 0.15) is 23.2 Å². The van der Waals surface area contributed by atoms with E-state index in [1.54, 1.807) is 12.1 Å². The third-order valence-electron chi connectivity index (χ3n) is 3.35. The Labute approximate surface area is 122 Å². The summed E-state index contributed by atoms with van der Waals surface area (Å²) in [5.74, 6) is 0.822. The Bertz CT molecular complexity index is 685. The first kappa shape index (κ1) is 12.9. The van der Waals surface area contributed by atoms with Gasteiger partial charge in [-0.1, -0.05) is 23.7 Å². The van der Waals surface area contributed by atoms with Crippen molar-refractivity contribution < 1.29 is 4.74 Å². The Kier molecular flexibility index (Phi) is 3.32. The minimum Gasteiger partial charge on any atom is -0.437 e. The molecule has 1 aliphatic carbocycles. The van der Waals surface area contributed by atoms with Crippen molar-refractivity contribution in [3.05, 3.63) is 52.2 Å². The molecular weight excluding hydrogens is 274 g/mol. The highest BCUT2D eigenvalue weighted by molar-refractivity contribution is 6.32. The van der Waals surface area contributed by atoms with Crippen molar-refractivity contribution in [2.24, 2.45) is 5.73 Å². The van der Waals surface area contributed by atoms with E-state index in [9.17, 15) is 0 Å². The number of aromatic nitrogens is 1. The molecule has 5 heteroatoms. The molecule has 1 aromatic heterocycles. The topological polar surface area (TPSA) is 72.0 Å². The number of nitrogens with zero attached hydrogens (tertiary/aromatic N) is 1. The van der Waals surface area contributed by atoms with Gasteiger partial charge in [0.2, 0.25) is 5.88 Å². The van der Waals surface area contributed by atoms with Crippen LogP contribution in [0.2, 0.25) is 5.02 Å². The van der Waals surface area contributed by atoms with Crippen molar-refractivity contribution in [1.82, 2.24) is 4.98 Å². The summed E-state index contributed by atoms with van der Waals surface area (Å²) < 4.78 is 5.76. The Morgan fingerprint density at radius 3 is 2.85 bits per heavy atom. The normalized spacial score (nSPS) is 13.1. The number of para-hydroxylation sites is 1. The van der Waals surface area contributed by atoms with Crippen LogP contribution in [0.5, 0.6) is 11.6 Å². The molecule has 1 aromatic carbocycles. The number of rotatable bonds is 3. The molecular formula is C15H14ClN3O. The molecule has 2 aromatic rings. The number of benzene rings is 1. The maximum absolute atomic E-state index is 7.68. The molecule has 0 aliphatic heterocycles. The maximum atomic E-state index is 7.68. The number of pyridine rings is 1. The van der Waals surface area contributed by atoms with Crippen LogP contribution >= 0.6 is 11.6 Å². The number of amidine groups is 1. The number of hydrogen-bond donors (Lipinski definition) is 2. The standard InChI is InChI=1S/C15H14ClN3O/c16-11-5-1-2-7-13(11)20-15-10(14(17)18)8-9-4-3-6-12(9)19-15/h1-2,5,7-8H,3-4,6H2,(H3,17,18). The lowest BCUT2D eigenvalue weighted by atomic mass is 10.1. The molecule has 0 radical (unpaired) electrons. The molecule has 20 heavy (non-hydrogen) atoms. The van der Waals surface area contributed by atoms with Crippen LogP contribution in [0.15, 0.2) is 30.3 Å². The second-order valence-corrected chi connectivity index (χ2v) is 5.15. The average Bonchev–Trinajstić information content (AvgIpc) is 2.87. The fourth-order valence-corrected chi connectivity index (χ4v) is 2.53. The molecule has 3 N–H and O–H groups in total. The lowest BCUT2D eigenvalue weighted by Crippen LogP contribution is -2.14. The summed E-state index contributed by atoms with van der Waals surface area (Å²) in [6.45, 7) is 0. The van der Waals surface area contributed by atoms with E-state index in [1.165, 1.54) is 0 Å². The summed E-state index contributed by atoms with van der Waals surface area (Å²) >= 11 is 6.09. The van der Waals surface area contributed by atoms with Crippen LogP contribution in [-0.2, 0) is 12.8 Å². The van der Waals surface area contributed by atoms with Crippen LogP contribution in [0.4, 0.5) is 0 Å². The lowest BCUT2D eigenvalue weighted by molar-refractivity contribution is 0.460. The predicted molar refractivity (Wildman–Crippen MR) is 78.8 cm³/mol. The predicted octanol–water partition coefficient (Wildman–Crippen LogP) is 3.30. The Balaban J connectivity index is 2.04. The van der Waals surface area contributed by atoms with Crippen LogP contribution in [0.3, 0.4) is 0 Å². The van der Waals surface area contributed by atoms with Gasteiger partial charge < -0.3 is 10.5 Å². The highest BCUT2D eigenvalue weighted by Gasteiger charge is 2.19. The Morgan fingerprint density at radius 1 is 1.30 bits per heavy atom. The van der Waals surface area contributed by atoms with Crippen LogP contribution in [0.25, 0.3) is 0 Å². The average molecular weight is 288 g/mol. The SMILES string of the molecule is N=C(N)c1cc2c(nc1Oc1ccccc1Cl)CCC2. The van der Waals surface area contributed by atoms with Crippen LogP contribution in [-0.4, -0.2) is 10.8 Å². The fraction of sp³-hybridized carbons (Fsp3) is 0.200. The largest absolute Gasteiger partial charge is 0.437 e. The highest BCUT2D eigenvalue weighted by atomic mass is 35.5. The van der Waals surface area contributed by atoms with E-state index in [0.717, 1.165) is 30.5 Å². The first-order valence-corrected chi connectivity index (χ1v) is 6.82. The molecule has 1 aliphatic rings. The van der Waals surface area contributed by atoms with Gasteiger partial charge in [0.05, 0.1) is 10.6 Å². The van der Waals surface area contributed by atoms with Gasteiger partial charge in [0, 0.05) is 5.69 Å². The van der Waals surface area contributed by atoms with Gasteiger partial charge in [-0.15, -0.1) is 0 Å². The molecule has 0 amide bonds. The molecule has 102 valence electrons. The maximum Gasteiger partial charge on any atom is 0.230 e. The lowest BCUT2D eigenvalue weighted by Gasteiger charge is -2.12. The number of nitrogen functional groups attached to an aromatic ring is 1. The number of fused-ring (bicyclic) bond motifs is 1. The zero-order chi connectivity index (χ0) is 14.1. The number of nitrogens with two attached hydrogens (primary N) is 1. The minimum atomic E-state index is -0.0470. The summed E-state index contributed by atoms with van der Waals surface area (Å²) in [6.07, 6.45) is 3.00. The van der Waals surface area contributed by atoms with Crippen molar-refractivity contribution in [2.75, 3.05) is 0 Å². The van der Waals surface area contributed by atoms with Gasteiger partial charge in [-0.05, 0) is 43.0 Å². The van der Waals surface area contributed by atoms with Crippen molar-refractivity contribution in [3.63, 3.8) is 0 Å². The highest BCUT2D eigenvalue weighted by Crippen LogP contribution is 2.32. The van der Waals surface area contributed by atoms with Gasteiger partial charge in [0.1, 0.15) is 11.6 Å². The number of halogens is 1. The fourth-order valence-electron chi connectivity index (χ4n) is 2.36. The molecule has 0 saturated carbocycles. The Morgan fingerprint density at radius 2 is 2.10 bits per heavy atom. The quantitative estimate of drug-likeness (QED) is 0.672. The Hall–Kier alpha value is -2.07. The molecule has 0 saturated heterocycles. The second-order valence-electron chi connectivity index (χ2n) is 4.75. The van der Waals surface area contributed by atoms with Crippen LogP contribution in [0, 0.1) is 5.41 Å². The molecule has 0 spiro atoms. The number of aryl methyl sites for hydroxylation is 2. The summed E-state index contributed by atoms with van der Waals surface area (Å²) in [5.41, 5.74) is 8.33. The van der Waals surface area contributed by atoms with Gasteiger partial charge in [0.15, 0.2) is 0 Å². The second kappa shape index (κ2) is 5.13. The minimum absolute atomic E-state index is 0.0470. The van der Waals surface area contributed by atoms with E-state index in [2.05, 4.69) is 4.98 Å². The molecule has 0 bridgehead atoms. The zero-order valence-corrected chi connectivity index (χ0v) is 11.6. The van der Waals surface area contributed by atoms with Gasteiger partial charge >= 0.3 is 0 Å². The summed E-state index contributed by atoms with van der Waals surface area (Å²) in [4.78, 5) is 4.51. The van der Waals surface area contributed by atoms with Gasteiger partial charge in [-0.25, -0.2) is 4.98 Å². The van der Waals surface area contributed by atoms with Crippen molar-refractivity contribution in [3.8, 4) is 11.6 Å². The van der Waals surface area contributed by atoms with E-state index in [4.69, 9.17) is 27.5 Å². The van der Waals surface area contributed by atoms with Gasteiger partial charge in [-0.2, -0.15) is 0 Å². The molecule has 0 fully saturated rings. The summed E-state index contributed by atoms with van der Waals surface area (Å²) in [6, 6.07) is 9.09. The number of hydrogen-bond acceptors (Lipinski definition) is 3. The smallest absolute Gasteiger partial charge is 0.230 e. The number of ether oxygens (including phenoxy) is 1. The van der Waals surface area contributed by atoms with Crippen molar-refractivity contribution in [1.29, 1.82) is 5.41 Å². The summed E-state index contributed by atoms with van der Waals surface area (Å²) in [5, 5.41) is 8.19. The third kappa shape index (κ3) is 2.34. The summed E-state index contributed by atoms with van der Waals surface area (Å²) in [7, 11) is 0. The monoisotopic (exact) mass is 287 g/mol. The molecule has 4 nitrogen and oxygen atoms in total. The van der Waals surface area contributed by atoms with E-state index in [0.29, 0.717) is 22.2 Å². The van der Waals surface area contributed by atoms with E-state index in [1.807, 2.05) is 18.2 Å². The third-order valence-corrected chi connectivity index (χ3v) is 3.66. The molecule has 1 heterocycles.